The molecule has 0 aliphatic carbocycles. The second-order valence-corrected chi connectivity index (χ2v) is 3.40. The molecule has 1 nitrogen and oxygen atoms in total. The van der Waals surface area contributed by atoms with Gasteiger partial charge in [-0.2, -0.15) is 0 Å². The third kappa shape index (κ3) is 1.50. The van der Waals surface area contributed by atoms with Gasteiger partial charge in [0, 0.05) is 30.6 Å². The number of nitrogens with one attached hydrogen (secondary N) is 1. The smallest absolute Gasteiger partial charge is 0.274 e. The first-order valence-corrected chi connectivity index (χ1v) is 4.48. The van der Waals surface area contributed by atoms with Gasteiger partial charge in [0.05, 0.1) is 0 Å². The third-order valence-electron chi connectivity index (χ3n) is 2.43. The molecule has 0 atom stereocenters. The van der Waals surface area contributed by atoms with Crippen LogP contribution in [0.5, 0.6) is 0 Å². The van der Waals surface area contributed by atoms with E-state index >= 15 is 0 Å². The molecule has 0 aromatic heterocycles. The molecule has 1 aliphatic rings. The minimum Gasteiger partial charge on any atom is -0.312 e. The van der Waals surface area contributed by atoms with E-state index in [1.807, 2.05) is 0 Å². The molecule has 2 rings (SSSR count). The molecule has 0 radical (unpaired) electrons. The molecular weight excluding hydrogens is 191 g/mol. The molecule has 0 amide bonds. The van der Waals surface area contributed by atoms with Crippen LogP contribution in [0, 0.1) is 5.82 Å². The predicted molar refractivity (Wildman–Crippen MR) is 46.6 cm³/mol. The van der Waals surface area contributed by atoms with Crippen molar-refractivity contribution in [3.8, 4) is 0 Å². The van der Waals surface area contributed by atoms with E-state index in [1.54, 1.807) is 0 Å². The predicted octanol–water partition coefficient (Wildman–Crippen LogP) is 2.41. The van der Waals surface area contributed by atoms with Crippen molar-refractivity contribution in [3.05, 3.63) is 35.1 Å². The minimum absolute atomic E-state index is 0.0926. The molecule has 4 heteroatoms. The first-order valence-electron chi connectivity index (χ1n) is 4.48. The molecule has 0 saturated carbocycles. The quantitative estimate of drug-likeness (QED) is 0.679. The Morgan fingerprint density at radius 2 is 2.07 bits per heavy atom. The van der Waals surface area contributed by atoms with Gasteiger partial charge in [-0.1, -0.05) is 12.1 Å². The van der Waals surface area contributed by atoms with Gasteiger partial charge >= 0.3 is 0 Å². The van der Waals surface area contributed by atoms with Crippen molar-refractivity contribution in [2.75, 3.05) is 6.54 Å². The van der Waals surface area contributed by atoms with Crippen LogP contribution in [0.2, 0.25) is 0 Å². The van der Waals surface area contributed by atoms with Crippen LogP contribution < -0.4 is 5.32 Å². The summed E-state index contributed by atoms with van der Waals surface area (Å²) < 4.78 is 40.1. The van der Waals surface area contributed by atoms with Gasteiger partial charge in [-0.15, -0.1) is 0 Å². The van der Waals surface area contributed by atoms with E-state index in [0.717, 1.165) is 0 Å². The van der Waals surface area contributed by atoms with E-state index in [1.165, 1.54) is 18.2 Å². The summed E-state index contributed by atoms with van der Waals surface area (Å²) in [5, 5.41) is 2.78. The second kappa shape index (κ2) is 3.28. The highest BCUT2D eigenvalue weighted by atomic mass is 19.3. The lowest BCUT2D eigenvalue weighted by Crippen LogP contribution is -2.17. The van der Waals surface area contributed by atoms with Gasteiger partial charge in [0.25, 0.3) is 5.92 Å². The minimum atomic E-state index is -2.92. The topological polar surface area (TPSA) is 12.0 Å². The van der Waals surface area contributed by atoms with E-state index < -0.39 is 11.7 Å². The molecule has 0 fully saturated rings. The number of alkyl halides is 2. The van der Waals surface area contributed by atoms with Gasteiger partial charge in [0.2, 0.25) is 0 Å². The lowest BCUT2D eigenvalue weighted by molar-refractivity contribution is -0.0109. The van der Waals surface area contributed by atoms with Crippen molar-refractivity contribution in [2.24, 2.45) is 0 Å². The number of hydrogen-bond donors (Lipinski definition) is 1. The molecule has 0 bridgehead atoms. The second-order valence-electron chi connectivity index (χ2n) is 3.40. The maximum atomic E-state index is 13.4. The van der Waals surface area contributed by atoms with Crippen LogP contribution in [0.4, 0.5) is 13.2 Å². The zero-order valence-corrected chi connectivity index (χ0v) is 7.49. The Morgan fingerprint density at radius 1 is 1.29 bits per heavy atom. The number of rotatable bonds is 0. The monoisotopic (exact) mass is 201 g/mol. The average Bonchev–Trinajstić information content (AvgIpc) is 2.27. The van der Waals surface area contributed by atoms with Crippen LogP contribution in [0.3, 0.4) is 0 Å². The maximum Gasteiger partial charge on any atom is 0.274 e. The summed E-state index contributed by atoms with van der Waals surface area (Å²) in [6.45, 7) is 0.388. The SMILES string of the molecule is Fc1cccc2c1CNCCC2(F)F. The molecule has 1 heterocycles. The fourth-order valence-corrected chi connectivity index (χ4v) is 1.67. The van der Waals surface area contributed by atoms with Crippen LogP contribution in [0.15, 0.2) is 18.2 Å². The summed E-state index contributed by atoms with van der Waals surface area (Å²) in [5.74, 6) is -3.47. The summed E-state index contributed by atoms with van der Waals surface area (Å²) in [6, 6.07) is 3.83. The first-order chi connectivity index (χ1) is 6.61. The fraction of sp³-hybridized carbons (Fsp3) is 0.400. The van der Waals surface area contributed by atoms with Gasteiger partial charge in [0.1, 0.15) is 5.82 Å². The largest absolute Gasteiger partial charge is 0.312 e. The van der Waals surface area contributed by atoms with Crippen LogP contribution in [-0.4, -0.2) is 6.54 Å². The van der Waals surface area contributed by atoms with E-state index in [-0.39, 0.29) is 30.6 Å². The van der Waals surface area contributed by atoms with Gasteiger partial charge in [-0.25, -0.2) is 13.2 Å². The van der Waals surface area contributed by atoms with Gasteiger partial charge in [-0.3, -0.25) is 0 Å². The molecule has 0 saturated heterocycles. The lowest BCUT2D eigenvalue weighted by atomic mass is 10.0. The zero-order valence-electron chi connectivity index (χ0n) is 7.49. The molecule has 0 spiro atoms. The third-order valence-corrected chi connectivity index (χ3v) is 2.43. The Hall–Kier alpha value is -1.03. The molecule has 14 heavy (non-hydrogen) atoms. The van der Waals surface area contributed by atoms with E-state index in [9.17, 15) is 13.2 Å². The van der Waals surface area contributed by atoms with Crippen LogP contribution in [0.25, 0.3) is 0 Å². The van der Waals surface area contributed by atoms with Crippen LogP contribution >= 0.6 is 0 Å². The Balaban J connectivity index is 2.56. The lowest BCUT2D eigenvalue weighted by Gasteiger charge is -2.16. The highest BCUT2D eigenvalue weighted by Gasteiger charge is 2.35. The number of benzene rings is 1. The van der Waals surface area contributed by atoms with Crippen molar-refractivity contribution >= 4 is 0 Å². The number of hydrogen-bond acceptors (Lipinski definition) is 1. The van der Waals surface area contributed by atoms with Crippen molar-refractivity contribution in [2.45, 2.75) is 18.9 Å². The Labute approximate surface area is 79.9 Å². The first kappa shape index (κ1) is 9.52. The molecular formula is C10H10F3N. The van der Waals surface area contributed by atoms with Gasteiger partial charge in [-0.05, 0) is 6.07 Å². The number of halogens is 3. The van der Waals surface area contributed by atoms with Crippen molar-refractivity contribution in [1.82, 2.24) is 5.32 Å². The highest BCUT2D eigenvalue weighted by molar-refractivity contribution is 5.33. The molecule has 1 aromatic rings. The normalized spacial score (nSPS) is 19.9. The summed E-state index contributed by atoms with van der Waals surface area (Å²) in [4.78, 5) is 0. The van der Waals surface area contributed by atoms with Crippen molar-refractivity contribution in [1.29, 1.82) is 0 Å². The Morgan fingerprint density at radius 3 is 2.86 bits per heavy atom. The van der Waals surface area contributed by atoms with Gasteiger partial charge in [0.15, 0.2) is 0 Å². The molecule has 1 N–H and O–H groups in total. The van der Waals surface area contributed by atoms with Crippen LogP contribution in [0.1, 0.15) is 17.5 Å². The molecule has 0 unspecified atom stereocenters. The summed E-state index contributed by atoms with van der Waals surface area (Å²) >= 11 is 0. The fourth-order valence-electron chi connectivity index (χ4n) is 1.67. The maximum absolute atomic E-state index is 13.4. The Kier molecular flexibility index (Phi) is 2.23. The van der Waals surface area contributed by atoms with Crippen molar-refractivity contribution in [3.63, 3.8) is 0 Å². The summed E-state index contributed by atoms with van der Waals surface area (Å²) in [7, 11) is 0. The Bertz CT molecular complexity index is 349. The standard InChI is InChI=1S/C10H10F3N/c11-9-3-1-2-8-7(9)6-14-5-4-10(8,12)13/h1-3,14H,4-6H2. The van der Waals surface area contributed by atoms with E-state index in [4.69, 9.17) is 0 Å². The number of fused-ring (bicyclic) bond motifs is 1. The van der Waals surface area contributed by atoms with Crippen LogP contribution in [-0.2, 0) is 12.5 Å². The summed E-state index contributed by atoms with van der Waals surface area (Å²) in [5.41, 5.74) is -0.0856. The average molecular weight is 201 g/mol. The summed E-state index contributed by atoms with van der Waals surface area (Å²) in [6.07, 6.45) is -0.274. The van der Waals surface area contributed by atoms with E-state index in [0.29, 0.717) is 0 Å². The van der Waals surface area contributed by atoms with E-state index in [2.05, 4.69) is 5.32 Å². The van der Waals surface area contributed by atoms with Crippen molar-refractivity contribution < 1.29 is 13.2 Å². The van der Waals surface area contributed by atoms with Gasteiger partial charge < -0.3 is 5.32 Å². The molecule has 76 valence electrons. The molecule has 1 aromatic carbocycles. The zero-order chi connectivity index (χ0) is 10.2. The highest BCUT2D eigenvalue weighted by Crippen LogP contribution is 2.35. The molecule has 1 aliphatic heterocycles.